The molecule has 0 amide bonds. The quantitative estimate of drug-likeness (QED) is 0.912. The fraction of sp³-hybridized carbons (Fsp3) is 0.533. The number of para-hydroxylation sites is 1. The van der Waals surface area contributed by atoms with Gasteiger partial charge in [0.15, 0.2) is 9.84 Å². The maximum Gasteiger partial charge on any atom is 0.154 e. The summed E-state index contributed by atoms with van der Waals surface area (Å²) in [6.07, 6.45) is 1.67. The van der Waals surface area contributed by atoms with Gasteiger partial charge in [-0.15, -0.1) is 0 Å². The third-order valence-corrected chi connectivity index (χ3v) is 6.51. The average Bonchev–Trinajstić information content (AvgIpc) is 2.76. The van der Waals surface area contributed by atoms with Gasteiger partial charge < -0.3 is 5.73 Å². The van der Waals surface area contributed by atoms with Gasteiger partial charge in [0.2, 0.25) is 0 Å². The Hall–Kier alpha value is -1.40. The van der Waals surface area contributed by atoms with Gasteiger partial charge in [-0.2, -0.15) is 5.10 Å². The zero-order chi connectivity index (χ0) is 15.8. The SMILES string of the molecule is CCn1nc(CC(N)C(C)(C)S(C)(=O)=O)c2ccccc21. The molecule has 1 atom stereocenters. The predicted octanol–water partition coefficient (Wildman–Crippen LogP) is 1.75. The lowest BCUT2D eigenvalue weighted by Gasteiger charge is -2.29. The number of nitrogens with two attached hydrogens (primary N) is 1. The normalized spacial score (nSPS) is 14.5. The molecule has 2 N–H and O–H groups in total. The lowest BCUT2D eigenvalue weighted by Crippen LogP contribution is -2.50. The highest BCUT2D eigenvalue weighted by molar-refractivity contribution is 7.92. The van der Waals surface area contributed by atoms with Crippen molar-refractivity contribution in [2.45, 2.75) is 44.5 Å². The number of rotatable bonds is 5. The molecule has 0 fully saturated rings. The molecular weight excluding hydrogens is 286 g/mol. The Morgan fingerprint density at radius 1 is 1.33 bits per heavy atom. The fourth-order valence-electron chi connectivity index (χ4n) is 2.32. The van der Waals surface area contributed by atoms with Gasteiger partial charge in [0.1, 0.15) is 0 Å². The van der Waals surface area contributed by atoms with Crippen molar-refractivity contribution in [2.75, 3.05) is 6.26 Å². The van der Waals surface area contributed by atoms with Crippen LogP contribution in [-0.2, 0) is 22.8 Å². The van der Waals surface area contributed by atoms with Crippen molar-refractivity contribution in [3.63, 3.8) is 0 Å². The van der Waals surface area contributed by atoms with E-state index in [1.807, 2.05) is 35.9 Å². The third kappa shape index (κ3) is 2.82. The second-order valence-corrected chi connectivity index (χ2v) is 8.56. The minimum Gasteiger partial charge on any atom is -0.326 e. The molecule has 2 rings (SSSR count). The summed E-state index contributed by atoms with van der Waals surface area (Å²) in [5.74, 6) is 0. The van der Waals surface area contributed by atoms with Crippen molar-refractivity contribution >= 4 is 20.7 Å². The molecule has 1 heterocycles. The molecule has 5 nitrogen and oxygen atoms in total. The van der Waals surface area contributed by atoms with E-state index in [-0.39, 0.29) is 0 Å². The summed E-state index contributed by atoms with van der Waals surface area (Å²) in [7, 11) is -3.23. The Morgan fingerprint density at radius 3 is 2.52 bits per heavy atom. The van der Waals surface area contributed by atoms with Crippen molar-refractivity contribution < 1.29 is 8.42 Å². The van der Waals surface area contributed by atoms with Crippen LogP contribution >= 0.6 is 0 Å². The minimum absolute atomic E-state index is 0.438. The Balaban J connectivity index is 2.41. The Morgan fingerprint density at radius 2 is 1.95 bits per heavy atom. The largest absolute Gasteiger partial charge is 0.326 e. The standard InChI is InChI=1S/C15H23N3O2S/c1-5-18-13-9-7-6-8-11(13)12(17-18)10-14(16)15(2,3)21(4,19)20/h6-9,14H,5,10,16H2,1-4H3. The minimum atomic E-state index is -3.23. The molecule has 2 aromatic rings. The molecule has 6 heteroatoms. The molecular formula is C15H23N3O2S. The number of sulfone groups is 1. The summed E-state index contributed by atoms with van der Waals surface area (Å²) < 4.78 is 24.7. The monoisotopic (exact) mass is 309 g/mol. The first-order valence-corrected chi connectivity index (χ1v) is 8.97. The van der Waals surface area contributed by atoms with Gasteiger partial charge in [-0.05, 0) is 26.8 Å². The van der Waals surface area contributed by atoms with E-state index in [9.17, 15) is 8.42 Å². The van der Waals surface area contributed by atoms with Crippen LogP contribution in [0.4, 0.5) is 0 Å². The Labute approximate surface area is 126 Å². The highest BCUT2D eigenvalue weighted by Crippen LogP contribution is 2.25. The van der Waals surface area contributed by atoms with Gasteiger partial charge in [-0.3, -0.25) is 4.68 Å². The van der Waals surface area contributed by atoms with E-state index in [0.29, 0.717) is 6.42 Å². The molecule has 0 aliphatic carbocycles. The second kappa shape index (κ2) is 5.42. The van der Waals surface area contributed by atoms with Crippen LogP contribution in [0.3, 0.4) is 0 Å². The predicted molar refractivity (Wildman–Crippen MR) is 86.0 cm³/mol. The van der Waals surface area contributed by atoms with Crippen LogP contribution in [0.1, 0.15) is 26.5 Å². The number of benzene rings is 1. The first-order valence-electron chi connectivity index (χ1n) is 7.08. The smallest absolute Gasteiger partial charge is 0.154 e. The molecule has 1 aromatic carbocycles. The van der Waals surface area contributed by atoms with Crippen LogP contribution in [-0.4, -0.2) is 35.2 Å². The van der Waals surface area contributed by atoms with E-state index in [1.165, 1.54) is 6.26 Å². The number of aromatic nitrogens is 2. The Kier molecular flexibility index (Phi) is 4.13. The fourth-order valence-corrected chi connectivity index (χ4v) is 2.95. The molecule has 116 valence electrons. The van der Waals surface area contributed by atoms with E-state index < -0.39 is 20.6 Å². The highest BCUT2D eigenvalue weighted by atomic mass is 32.2. The van der Waals surface area contributed by atoms with Crippen LogP contribution in [0, 0.1) is 0 Å². The van der Waals surface area contributed by atoms with E-state index in [4.69, 9.17) is 5.73 Å². The van der Waals surface area contributed by atoms with Crippen molar-refractivity contribution in [2.24, 2.45) is 5.73 Å². The third-order valence-electron chi connectivity index (χ3n) is 4.30. The van der Waals surface area contributed by atoms with E-state index in [0.717, 1.165) is 23.1 Å². The number of nitrogens with zero attached hydrogens (tertiary/aromatic N) is 2. The maximum absolute atomic E-state index is 11.9. The average molecular weight is 309 g/mol. The van der Waals surface area contributed by atoms with Crippen LogP contribution < -0.4 is 5.73 Å². The van der Waals surface area contributed by atoms with Crippen molar-refractivity contribution in [1.82, 2.24) is 9.78 Å². The van der Waals surface area contributed by atoms with Gasteiger partial charge in [-0.1, -0.05) is 18.2 Å². The Bertz CT molecular complexity index is 747. The summed E-state index contributed by atoms with van der Waals surface area (Å²) >= 11 is 0. The first-order chi connectivity index (χ1) is 9.68. The van der Waals surface area contributed by atoms with Crippen LogP contribution in [0.15, 0.2) is 24.3 Å². The van der Waals surface area contributed by atoms with Gasteiger partial charge in [0.05, 0.1) is 16.0 Å². The van der Waals surface area contributed by atoms with Gasteiger partial charge in [-0.25, -0.2) is 8.42 Å². The topological polar surface area (TPSA) is 78.0 Å². The van der Waals surface area contributed by atoms with Crippen molar-refractivity contribution in [3.8, 4) is 0 Å². The number of aryl methyl sites for hydroxylation is 1. The molecule has 0 aliphatic rings. The summed E-state index contributed by atoms with van der Waals surface area (Å²) in [6, 6.07) is 7.45. The molecule has 0 spiro atoms. The number of hydrogen-bond acceptors (Lipinski definition) is 4. The zero-order valence-corrected chi connectivity index (χ0v) is 13.8. The van der Waals surface area contributed by atoms with Gasteiger partial charge in [0, 0.05) is 30.6 Å². The second-order valence-electron chi connectivity index (χ2n) is 5.97. The number of hydrogen-bond donors (Lipinski definition) is 1. The first kappa shape index (κ1) is 16.0. The summed E-state index contributed by atoms with van der Waals surface area (Å²) in [5.41, 5.74) is 8.10. The van der Waals surface area contributed by atoms with E-state index >= 15 is 0 Å². The number of fused-ring (bicyclic) bond motifs is 1. The molecule has 21 heavy (non-hydrogen) atoms. The van der Waals surface area contributed by atoms with E-state index in [2.05, 4.69) is 5.10 Å². The van der Waals surface area contributed by atoms with Crippen molar-refractivity contribution in [1.29, 1.82) is 0 Å². The van der Waals surface area contributed by atoms with Gasteiger partial charge in [0.25, 0.3) is 0 Å². The zero-order valence-electron chi connectivity index (χ0n) is 13.0. The molecule has 0 radical (unpaired) electrons. The molecule has 1 unspecified atom stereocenters. The van der Waals surface area contributed by atoms with Crippen LogP contribution in [0.2, 0.25) is 0 Å². The molecule has 0 saturated carbocycles. The summed E-state index contributed by atoms with van der Waals surface area (Å²) in [6.45, 7) is 6.15. The summed E-state index contributed by atoms with van der Waals surface area (Å²) in [4.78, 5) is 0. The molecule has 1 aromatic heterocycles. The van der Waals surface area contributed by atoms with Crippen LogP contribution in [0.5, 0.6) is 0 Å². The van der Waals surface area contributed by atoms with E-state index in [1.54, 1.807) is 13.8 Å². The lowest BCUT2D eigenvalue weighted by atomic mass is 9.98. The van der Waals surface area contributed by atoms with Crippen molar-refractivity contribution in [3.05, 3.63) is 30.0 Å². The molecule has 0 saturated heterocycles. The lowest BCUT2D eigenvalue weighted by molar-refractivity contribution is 0.477. The maximum atomic E-state index is 11.9. The highest BCUT2D eigenvalue weighted by Gasteiger charge is 2.37. The van der Waals surface area contributed by atoms with Gasteiger partial charge >= 0.3 is 0 Å². The summed E-state index contributed by atoms with van der Waals surface area (Å²) in [5, 5.41) is 5.63. The molecule has 0 aliphatic heterocycles. The molecule has 0 bridgehead atoms. The van der Waals surface area contributed by atoms with Crippen LogP contribution in [0.25, 0.3) is 10.9 Å².